The van der Waals surface area contributed by atoms with Crippen molar-refractivity contribution in [1.82, 2.24) is 0 Å². The van der Waals surface area contributed by atoms with Crippen molar-refractivity contribution < 1.29 is 14.2 Å². The van der Waals surface area contributed by atoms with Crippen LogP contribution in [0, 0.1) is 0 Å². The van der Waals surface area contributed by atoms with E-state index in [2.05, 4.69) is 0 Å². The summed E-state index contributed by atoms with van der Waals surface area (Å²) in [7, 11) is 0. The fourth-order valence-corrected chi connectivity index (χ4v) is 2.96. The molecule has 0 saturated carbocycles. The molecule has 0 radical (unpaired) electrons. The van der Waals surface area contributed by atoms with Gasteiger partial charge in [0.2, 0.25) is 0 Å². The van der Waals surface area contributed by atoms with Gasteiger partial charge in [-0.15, -0.1) is 0 Å². The van der Waals surface area contributed by atoms with E-state index in [-0.39, 0.29) is 23.8 Å². The molecule has 0 atom stereocenters. The number of rotatable bonds is 8. The van der Waals surface area contributed by atoms with E-state index in [1.54, 1.807) is 18.2 Å². The summed E-state index contributed by atoms with van der Waals surface area (Å²) >= 11 is 29.7. The van der Waals surface area contributed by atoms with Crippen LogP contribution in [0.3, 0.4) is 0 Å². The van der Waals surface area contributed by atoms with Crippen LogP contribution in [0.15, 0.2) is 40.9 Å². The lowest BCUT2D eigenvalue weighted by molar-refractivity contribution is 0.241. The summed E-state index contributed by atoms with van der Waals surface area (Å²) in [6.45, 7) is 4.30. The molecule has 0 aromatic heterocycles. The van der Waals surface area contributed by atoms with Crippen molar-refractivity contribution in [2.75, 3.05) is 6.61 Å². The number of hydrogen-bond acceptors (Lipinski definition) is 3. The second-order valence-electron chi connectivity index (χ2n) is 5.74. The van der Waals surface area contributed by atoms with Crippen molar-refractivity contribution in [3.8, 4) is 17.2 Å². The summed E-state index contributed by atoms with van der Waals surface area (Å²) < 4.78 is 17.0. The van der Waals surface area contributed by atoms with Crippen LogP contribution in [-0.4, -0.2) is 12.7 Å². The van der Waals surface area contributed by atoms with Gasteiger partial charge in [-0.05, 0) is 37.6 Å². The molecule has 0 N–H and O–H groups in total. The monoisotopic (exact) mass is 468 g/mol. The molecule has 8 heteroatoms. The Balaban J connectivity index is 2.08. The molecule has 27 heavy (non-hydrogen) atoms. The van der Waals surface area contributed by atoms with Crippen LogP contribution >= 0.6 is 58.0 Å². The minimum absolute atomic E-state index is 0.0126. The van der Waals surface area contributed by atoms with Crippen molar-refractivity contribution in [2.45, 2.75) is 26.6 Å². The molecule has 0 heterocycles. The Bertz CT molecular complexity index is 794. The van der Waals surface area contributed by atoms with Crippen molar-refractivity contribution in [3.05, 3.63) is 61.5 Å². The van der Waals surface area contributed by atoms with Gasteiger partial charge in [-0.25, -0.2) is 0 Å². The van der Waals surface area contributed by atoms with E-state index in [1.807, 2.05) is 26.0 Å². The smallest absolute Gasteiger partial charge is 0.157 e. The summed E-state index contributed by atoms with van der Waals surface area (Å²) in [5, 5.41) is 1.19. The van der Waals surface area contributed by atoms with Gasteiger partial charge in [0, 0.05) is 12.1 Å². The normalized spacial score (nSPS) is 10.7. The number of benzene rings is 2. The third kappa shape index (κ3) is 7.17. The van der Waals surface area contributed by atoms with Gasteiger partial charge in [0.15, 0.2) is 5.75 Å². The number of hydrogen-bond donors (Lipinski definition) is 0. The lowest BCUT2D eigenvalue weighted by Crippen LogP contribution is -2.06. The Morgan fingerprint density at radius 2 is 1.63 bits per heavy atom. The van der Waals surface area contributed by atoms with Gasteiger partial charge >= 0.3 is 0 Å². The highest BCUT2D eigenvalue weighted by molar-refractivity contribution is 6.55. The second kappa shape index (κ2) is 10.5. The summed E-state index contributed by atoms with van der Waals surface area (Å²) in [5.41, 5.74) is 0.865. The average Bonchev–Trinajstić information content (AvgIpc) is 2.56. The minimum Gasteiger partial charge on any atom is -0.489 e. The fraction of sp³-hybridized carbons (Fsp3) is 0.263. The van der Waals surface area contributed by atoms with Crippen molar-refractivity contribution in [1.29, 1.82) is 0 Å². The van der Waals surface area contributed by atoms with Gasteiger partial charge in [0.25, 0.3) is 0 Å². The third-order valence-electron chi connectivity index (χ3n) is 3.20. The van der Waals surface area contributed by atoms with Crippen molar-refractivity contribution in [2.24, 2.45) is 0 Å². The van der Waals surface area contributed by atoms with Crippen LogP contribution in [-0.2, 0) is 6.61 Å². The summed E-state index contributed by atoms with van der Waals surface area (Å²) in [6, 6.07) is 8.64. The summed E-state index contributed by atoms with van der Waals surface area (Å²) in [6.07, 6.45) is 1.52. The SMILES string of the molecule is CC(C)Oc1cc(COc2c(Cl)cc(OCC=C(Cl)Cl)cc2Cl)ccc1Cl. The maximum atomic E-state index is 6.26. The molecule has 0 aliphatic heterocycles. The lowest BCUT2D eigenvalue weighted by atomic mass is 10.2. The quantitative estimate of drug-likeness (QED) is 0.395. The van der Waals surface area contributed by atoms with E-state index >= 15 is 0 Å². The Labute approximate surface area is 183 Å². The van der Waals surface area contributed by atoms with Crippen LogP contribution in [0.4, 0.5) is 0 Å². The molecule has 0 spiro atoms. The highest BCUT2D eigenvalue weighted by Crippen LogP contribution is 2.37. The van der Waals surface area contributed by atoms with Crippen LogP contribution in [0.2, 0.25) is 15.1 Å². The molecule has 2 rings (SSSR count). The van der Waals surface area contributed by atoms with E-state index in [0.29, 0.717) is 32.3 Å². The Kier molecular flexibility index (Phi) is 8.71. The highest BCUT2D eigenvalue weighted by Gasteiger charge is 2.12. The molecule has 0 aliphatic rings. The van der Waals surface area contributed by atoms with Crippen LogP contribution in [0.25, 0.3) is 0 Å². The standard InChI is InChI=1S/C19H17Cl5O3/c1-11(2)27-17-7-12(3-4-14(17)20)10-26-19-15(21)8-13(9-16(19)22)25-6-5-18(23)24/h3-5,7-9,11H,6,10H2,1-2H3. The van der Waals surface area contributed by atoms with E-state index in [4.69, 9.17) is 72.2 Å². The van der Waals surface area contributed by atoms with Gasteiger partial charge in [0.1, 0.15) is 29.2 Å². The molecule has 0 unspecified atom stereocenters. The molecule has 146 valence electrons. The van der Waals surface area contributed by atoms with E-state index < -0.39 is 0 Å². The van der Waals surface area contributed by atoms with Crippen LogP contribution < -0.4 is 14.2 Å². The van der Waals surface area contributed by atoms with Crippen molar-refractivity contribution >= 4 is 58.0 Å². The van der Waals surface area contributed by atoms with Crippen LogP contribution in [0.1, 0.15) is 19.4 Å². The fourth-order valence-electron chi connectivity index (χ4n) is 2.10. The molecule has 0 fully saturated rings. The molecule has 2 aromatic carbocycles. The largest absolute Gasteiger partial charge is 0.489 e. The molecule has 0 bridgehead atoms. The predicted octanol–water partition coefficient (Wildman–Crippen LogP) is 7.71. The zero-order valence-electron chi connectivity index (χ0n) is 14.6. The zero-order chi connectivity index (χ0) is 20.0. The van der Waals surface area contributed by atoms with Gasteiger partial charge in [-0.3, -0.25) is 0 Å². The second-order valence-corrected chi connectivity index (χ2v) is 7.97. The number of halogens is 5. The van der Waals surface area contributed by atoms with Crippen molar-refractivity contribution in [3.63, 3.8) is 0 Å². The maximum Gasteiger partial charge on any atom is 0.157 e. The molecule has 2 aromatic rings. The maximum absolute atomic E-state index is 6.26. The first-order chi connectivity index (χ1) is 12.8. The molecule has 0 amide bonds. The first-order valence-electron chi connectivity index (χ1n) is 7.97. The molecular formula is C19H17Cl5O3. The number of ether oxygens (including phenoxy) is 3. The Hall–Kier alpha value is -0.970. The Morgan fingerprint density at radius 1 is 0.963 bits per heavy atom. The summed E-state index contributed by atoms with van der Waals surface area (Å²) in [4.78, 5) is 0. The highest BCUT2D eigenvalue weighted by atomic mass is 35.5. The third-order valence-corrected chi connectivity index (χ3v) is 4.38. The molecule has 0 saturated heterocycles. The Morgan fingerprint density at radius 3 is 2.22 bits per heavy atom. The lowest BCUT2D eigenvalue weighted by Gasteiger charge is -2.15. The molecule has 0 aliphatic carbocycles. The van der Waals surface area contributed by atoms with E-state index in [1.165, 1.54) is 6.08 Å². The molecular weight excluding hydrogens is 453 g/mol. The van der Waals surface area contributed by atoms with Crippen LogP contribution in [0.5, 0.6) is 17.2 Å². The first kappa shape index (κ1) is 22.3. The van der Waals surface area contributed by atoms with E-state index in [9.17, 15) is 0 Å². The van der Waals surface area contributed by atoms with Gasteiger partial charge in [-0.1, -0.05) is 64.1 Å². The average molecular weight is 471 g/mol. The summed E-state index contributed by atoms with van der Waals surface area (Å²) in [5.74, 6) is 1.43. The predicted molar refractivity (Wildman–Crippen MR) is 113 cm³/mol. The zero-order valence-corrected chi connectivity index (χ0v) is 18.3. The van der Waals surface area contributed by atoms with E-state index in [0.717, 1.165) is 5.56 Å². The topological polar surface area (TPSA) is 27.7 Å². The molecule has 3 nitrogen and oxygen atoms in total. The first-order valence-corrected chi connectivity index (χ1v) is 9.86. The minimum atomic E-state index is 0.0126. The van der Waals surface area contributed by atoms with Gasteiger partial charge in [0.05, 0.1) is 21.2 Å². The van der Waals surface area contributed by atoms with Gasteiger partial charge < -0.3 is 14.2 Å². The van der Waals surface area contributed by atoms with Gasteiger partial charge in [-0.2, -0.15) is 0 Å².